The molecular weight excluding hydrogens is 989 g/mol. The zero-order chi connectivity index (χ0) is 54.7. The second kappa shape index (κ2) is 21.1. The zero-order valence-corrected chi connectivity index (χ0v) is 44.2. The molecule has 0 unspecified atom stereocenters. The molecule has 0 radical (unpaired) electrons. The van der Waals surface area contributed by atoms with Crippen LogP contribution in [0.2, 0.25) is 0 Å². The van der Waals surface area contributed by atoms with E-state index in [1.807, 2.05) is 0 Å². The van der Waals surface area contributed by atoms with Gasteiger partial charge in [-0.3, -0.25) is 0 Å². The first kappa shape index (κ1) is 58.1. The van der Waals surface area contributed by atoms with Crippen LogP contribution in [0.15, 0.2) is 11.6 Å². The third-order valence-electron chi connectivity index (χ3n) is 20.9. The Bertz CT molecular complexity index is 2050. The van der Waals surface area contributed by atoms with Crippen LogP contribution in [-0.2, 0) is 42.7 Å². The smallest absolute Gasteiger partial charge is 0.338 e. The van der Waals surface area contributed by atoms with Crippen molar-refractivity contribution < 1.29 is 109 Å². The summed E-state index contributed by atoms with van der Waals surface area (Å²) >= 11 is 0. The van der Waals surface area contributed by atoms with E-state index in [0.29, 0.717) is 19.3 Å². The number of aliphatic hydroxyl groups is 13. The lowest BCUT2D eigenvalue weighted by Gasteiger charge is -2.71. The molecule has 0 bridgehead atoms. The summed E-state index contributed by atoms with van der Waals surface area (Å²) in [6.45, 7) is 13.5. The van der Waals surface area contributed by atoms with Crippen LogP contribution in [0.3, 0.4) is 0 Å². The first-order valence-corrected chi connectivity index (χ1v) is 27.2. The van der Waals surface area contributed by atoms with Crippen molar-refractivity contribution in [3.63, 3.8) is 0 Å². The van der Waals surface area contributed by atoms with Crippen LogP contribution in [0.1, 0.15) is 113 Å². The largest absolute Gasteiger partial charge is 0.456 e. The quantitative estimate of drug-likeness (QED) is 0.0629. The van der Waals surface area contributed by atoms with Gasteiger partial charge in [0.1, 0.15) is 97.2 Å². The number of carbonyl (C=O) groups excluding carboxylic acids is 1. The van der Waals surface area contributed by atoms with Crippen LogP contribution in [0.5, 0.6) is 0 Å². The van der Waals surface area contributed by atoms with Gasteiger partial charge in [0, 0.05) is 5.92 Å². The molecular formula is C53H86O22. The predicted molar refractivity (Wildman–Crippen MR) is 257 cm³/mol. The molecule has 4 heterocycles. The Morgan fingerprint density at radius 3 is 1.72 bits per heavy atom. The lowest BCUT2D eigenvalue weighted by atomic mass is 9.34. The monoisotopic (exact) mass is 1070 g/mol. The van der Waals surface area contributed by atoms with Gasteiger partial charge < -0.3 is 104 Å². The van der Waals surface area contributed by atoms with E-state index < -0.39 is 159 Å². The Hall–Kier alpha value is -1.59. The summed E-state index contributed by atoms with van der Waals surface area (Å²) in [4.78, 5) is 14.2. The molecule has 22 heteroatoms. The molecule has 5 aliphatic carbocycles. The highest BCUT2D eigenvalue weighted by molar-refractivity contribution is 5.76. The first-order chi connectivity index (χ1) is 35.1. The van der Waals surface area contributed by atoms with Crippen LogP contribution in [0, 0.1) is 44.8 Å². The van der Waals surface area contributed by atoms with Crippen molar-refractivity contribution in [2.45, 2.75) is 241 Å². The van der Waals surface area contributed by atoms with Gasteiger partial charge in [-0.15, -0.1) is 0 Å². The van der Waals surface area contributed by atoms with Crippen LogP contribution >= 0.6 is 0 Å². The summed E-state index contributed by atoms with van der Waals surface area (Å²) in [5, 5.41) is 138. The lowest BCUT2D eigenvalue weighted by Crippen LogP contribution is -2.67. The van der Waals surface area contributed by atoms with E-state index in [-0.39, 0.29) is 46.0 Å². The standard InChI is InChI=1S/C53H86O22/c1-48(2)14-16-53(75-44(67)42-38(64)35(61)32(58)26(19-54)69-42)17-15-51(6)23(24(53)18-48)8-9-30-50(5)12-11-31(49(3,4)29(50)10-13-52(30,51)7)72-47-43(74-46-40(66)37(63)34(60)28(21-56)71-46)41(25(57)22-68-47)73-45-39(65)36(62)33(59)27(20-55)70-45/h8,24-43,45-47,54-66H,9-22H2,1-7H3/t24-,25+,26-,27-,28-,29+,30-,31+,32-,33-,34-,35+,36+,37+,38-,39-,40-,41+,42-,43-,45+,46+,47+,50+,51-,52-,53+/m1/s1. The Balaban J connectivity index is 0.974. The van der Waals surface area contributed by atoms with Gasteiger partial charge in [-0.1, -0.05) is 60.1 Å². The van der Waals surface area contributed by atoms with Crippen molar-refractivity contribution in [3.05, 3.63) is 11.6 Å². The van der Waals surface area contributed by atoms with Gasteiger partial charge in [0.25, 0.3) is 0 Å². The number of fused-ring (bicyclic) bond motifs is 7. The molecule has 0 aromatic heterocycles. The molecule has 27 atom stereocenters. The van der Waals surface area contributed by atoms with E-state index in [4.69, 9.17) is 37.9 Å². The van der Waals surface area contributed by atoms with Crippen molar-refractivity contribution >= 4 is 5.97 Å². The van der Waals surface area contributed by atoms with E-state index in [2.05, 4.69) is 54.5 Å². The predicted octanol–water partition coefficient (Wildman–Crippen LogP) is -1.60. The minimum absolute atomic E-state index is 0.0717. The van der Waals surface area contributed by atoms with Crippen molar-refractivity contribution in [1.82, 2.24) is 0 Å². The number of aliphatic hydroxyl groups excluding tert-OH is 13. The second-order valence-electron chi connectivity index (χ2n) is 25.8. The molecule has 4 saturated heterocycles. The fourth-order valence-electron chi connectivity index (χ4n) is 16.2. The summed E-state index contributed by atoms with van der Waals surface area (Å²) in [5.74, 6) is -0.638. The Kier molecular flexibility index (Phi) is 16.3. The van der Waals surface area contributed by atoms with E-state index in [9.17, 15) is 71.2 Å². The van der Waals surface area contributed by atoms with Gasteiger partial charge in [0.15, 0.2) is 25.0 Å². The maximum absolute atomic E-state index is 14.2. The summed E-state index contributed by atoms with van der Waals surface area (Å²) < 4.78 is 49.3. The van der Waals surface area contributed by atoms with E-state index in [0.717, 1.165) is 44.9 Å². The van der Waals surface area contributed by atoms with E-state index >= 15 is 0 Å². The second-order valence-corrected chi connectivity index (χ2v) is 25.8. The Labute approximate surface area is 437 Å². The average Bonchev–Trinajstić information content (AvgIpc) is 3.37. The zero-order valence-electron chi connectivity index (χ0n) is 44.2. The van der Waals surface area contributed by atoms with Crippen LogP contribution < -0.4 is 0 Å². The first-order valence-electron chi connectivity index (χ1n) is 27.2. The summed E-state index contributed by atoms with van der Waals surface area (Å²) in [5.41, 5.74) is -0.919. The fourth-order valence-corrected chi connectivity index (χ4v) is 16.2. The number of ether oxygens (including phenoxy) is 8. The molecule has 0 aromatic carbocycles. The third-order valence-corrected chi connectivity index (χ3v) is 20.9. The molecule has 22 nitrogen and oxygen atoms in total. The molecule has 75 heavy (non-hydrogen) atoms. The minimum atomic E-state index is -1.87. The Morgan fingerprint density at radius 1 is 0.587 bits per heavy atom. The average molecular weight is 1080 g/mol. The number of rotatable bonds is 11. The summed E-state index contributed by atoms with van der Waals surface area (Å²) in [7, 11) is 0. The summed E-state index contributed by atoms with van der Waals surface area (Å²) in [6.07, 6.45) is -21.7. The lowest BCUT2D eigenvalue weighted by molar-refractivity contribution is -0.389. The number of hydrogen-bond acceptors (Lipinski definition) is 22. The van der Waals surface area contributed by atoms with Crippen LogP contribution in [-0.4, -0.2) is 227 Å². The number of carbonyl (C=O) groups is 1. The van der Waals surface area contributed by atoms with Crippen molar-refractivity contribution in [2.75, 3.05) is 26.4 Å². The number of hydrogen-bond donors (Lipinski definition) is 13. The fraction of sp³-hybridized carbons (Fsp3) is 0.943. The summed E-state index contributed by atoms with van der Waals surface area (Å²) in [6, 6.07) is 0. The number of esters is 1. The molecule has 4 aliphatic heterocycles. The van der Waals surface area contributed by atoms with Gasteiger partial charge in [-0.2, -0.15) is 0 Å². The molecule has 0 aromatic rings. The third kappa shape index (κ3) is 9.60. The molecule has 0 amide bonds. The normalized spacial score (nSPS) is 53.5. The molecule has 13 N–H and O–H groups in total. The minimum Gasteiger partial charge on any atom is -0.456 e. The molecule has 0 spiro atoms. The number of allylic oxidation sites excluding steroid dienone is 1. The van der Waals surface area contributed by atoms with E-state index in [1.165, 1.54) is 5.57 Å². The van der Waals surface area contributed by atoms with Gasteiger partial charge in [0.2, 0.25) is 0 Å². The molecule has 8 fully saturated rings. The topological polar surface area (TPSA) is 354 Å². The molecule has 430 valence electrons. The highest BCUT2D eigenvalue weighted by Gasteiger charge is 2.70. The SMILES string of the molecule is CC1(C)CC[C@]2(OC(=O)[C@@H]3O[C@H](CO)[C@@H](O)[C@H](O)[C@H]3O)CC[C@]3(C)C(=CC[C@@H]4[C@@]5(C)CC[C@H](O[C@@H]6OC[C@H](O)[C@H](O[C@@H]7O[C@H](CO)[C@@H](O)[C@H](O)[C@H]7O)[C@H]6O[C@@H]6O[C@H](CO)[C@@H](O)[C@H](O)[C@H]6O)C(C)(C)[C@@H]5CC[C@]43C)[C@H]2C1. The Morgan fingerprint density at radius 2 is 1.13 bits per heavy atom. The van der Waals surface area contributed by atoms with Gasteiger partial charge in [-0.05, 0) is 103 Å². The maximum Gasteiger partial charge on any atom is 0.338 e. The highest BCUT2D eigenvalue weighted by atomic mass is 16.8. The van der Waals surface area contributed by atoms with Crippen LogP contribution in [0.4, 0.5) is 0 Å². The van der Waals surface area contributed by atoms with Crippen LogP contribution in [0.25, 0.3) is 0 Å². The van der Waals surface area contributed by atoms with Crippen molar-refractivity contribution in [1.29, 1.82) is 0 Å². The van der Waals surface area contributed by atoms with Gasteiger partial charge >= 0.3 is 5.97 Å². The van der Waals surface area contributed by atoms with Crippen molar-refractivity contribution in [3.8, 4) is 0 Å². The van der Waals surface area contributed by atoms with Crippen molar-refractivity contribution in [2.24, 2.45) is 44.8 Å². The highest BCUT2D eigenvalue weighted by Crippen LogP contribution is 2.75. The van der Waals surface area contributed by atoms with E-state index in [1.54, 1.807) is 0 Å². The van der Waals surface area contributed by atoms with Gasteiger partial charge in [-0.25, -0.2) is 4.79 Å². The van der Waals surface area contributed by atoms with Gasteiger partial charge in [0.05, 0.1) is 32.5 Å². The molecule has 4 saturated carbocycles. The molecule has 9 aliphatic rings. The maximum atomic E-state index is 14.2. The molecule has 9 rings (SSSR count).